The molecule has 2 N–H and O–H groups in total. The van der Waals surface area contributed by atoms with E-state index in [4.69, 9.17) is 19.8 Å². The molecule has 1 amide bonds. The van der Waals surface area contributed by atoms with Crippen LogP contribution in [0.5, 0.6) is 0 Å². The van der Waals surface area contributed by atoms with Gasteiger partial charge in [-0.25, -0.2) is 9.59 Å². The van der Waals surface area contributed by atoms with Crippen LogP contribution < -0.4 is 0 Å². The van der Waals surface area contributed by atoms with Crippen LogP contribution in [0.25, 0.3) is 0 Å². The first-order valence-corrected chi connectivity index (χ1v) is 12.1. The summed E-state index contributed by atoms with van der Waals surface area (Å²) in [5.41, 5.74) is 0. The quantitative estimate of drug-likeness (QED) is 0.537. The topological polar surface area (TPSA) is 116 Å². The normalized spacial score (nSPS) is 21.4. The smallest absolute Gasteiger partial charge is 0.475 e. The first-order valence-electron chi connectivity index (χ1n) is 11.2. The molecule has 0 radical (unpaired) electrons. The molecule has 38 heavy (non-hydrogen) atoms. The molecule has 2 aliphatic rings. The van der Waals surface area contributed by atoms with Crippen LogP contribution in [0.3, 0.4) is 0 Å². The second kappa shape index (κ2) is 13.1. The Bertz CT molecular complexity index is 1020. The molecule has 0 aliphatic carbocycles. The van der Waals surface area contributed by atoms with Crippen molar-refractivity contribution in [3.05, 3.63) is 40.8 Å². The van der Waals surface area contributed by atoms with Crippen LogP contribution in [0.1, 0.15) is 24.6 Å². The van der Waals surface area contributed by atoms with Gasteiger partial charge in [-0.15, -0.1) is 11.3 Å². The standard InChI is InChI=1S/C18H24N4OS.2C2HF3O2/c1-14(23)22-16(12-21-7-3-6-19-21)10-15-11-20(8-5-18(15)22)13-17-4-2-9-24-17;2*3-2(4,5)1(6)7/h2-4,6-7,9,15-16,18H,5,8,10-13H2,1H3;2*(H,6,7)/t15-,16+,18+;;/m1../s1. The van der Waals surface area contributed by atoms with E-state index in [2.05, 4.69) is 32.4 Å². The zero-order valence-electron chi connectivity index (χ0n) is 20.0. The number of piperidine rings is 1. The fraction of sp³-hybridized carbons (Fsp3) is 0.545. The summed E-state index contributed by atoms with van der Waals surface area (Å²) in [6.07, 6.45) is -4.19. The number of alkyl halides is 6. The van der Waals surface area contributed by atoms with E-state index in [1.54, 1.807) is 6.92 Å². The molecule has 0 bridgehead atoms. The maximum atomic E-state index is 12.3. The molecule has 2 aromatic rings. The van der Waals surface area contributed by atoms with Crippen molar-refractivity contribution in [2.24, 2.45) is 5.92 Å². The number of nitrogens with zero attached hydrogens (tertiary/aromatic N) is 4. The molecule has 2 saturated heterocycles. The fourth-order valence-electron chi connectivity index (χ4n) is 4.47. The van der Waals surface area contributed by atoms with Gasteiger partial charge in [0, 0.05) is 49.9 Å². The van der Waals surface area contributed by atoms with Gasteiger partial charge in [-0.05, 0) is 36.3 Å². The molecular weight excluding hydrogens is 546 g/mol. The van der Waals surface area contributed by atoms with Crippen LogP contribution in [0.2, 0.25) is 0 Å². The summed E-state index contributed by atoms with van der Waals surface area (Å²) >= 11 is 1.83. The number of hydrogen-bond acceptors (Lipinski definition) is 6. The molecule has 2 fully saturated rings. The average Bonchev–Trinajstić information content (AvgIpc) is 3.54. The monoisotopic (exact) mass is 572 g/mol. The highest BCUT2D eigenvalue weighted by Crippen LogP contribution is 2.37. The highest BCUT2D eigenvalue weighted by molar-refractivity contribution is 7.09. The van der Waals surface area contributed by atoms with E-state index >= 15 is 0 Å². The summed E-state index contributed by atoms with van der Waals surface area (Å²) in [5, 5.41) is 20.7. The number of carbonyl (C=O) groups is 3. The predicted octanol–water partition coefficient (Wildman–Crippen LogP) is 3.72. The highest BCUT2D eigenvalue weighted by Gasteiger charge is 2.45. The van der Waals surface area contributed by atoms with Gasteiger partial charge in [0.2, 0.25) is 5.91 Å². The first kappa shape index (κ1) is 31.1. The number of rotatable bonds is 4. The van der Waals surface area contributed by atoms with Crippen molar-refractivity contribution in [1.29, 1.82) is 0 Å². The Kier molecular flexibility index (Phi) is 10.7. The molecule has 0 saturated carbocycles. The van der Waals surface area contributed by atoms with Gasteiger partial charge in [0.15, 0.2) is 0 Å². The van der Waals surface area contributed by atoms with Crippen LogP contribution in [0.4, 0.5) is 26.3 Å². The lowest BCUT2D eigenvalue weighted by Crippen LogP contribution is -2.48. The molecule has 2 aromatic heterocycles. The number of carboxylic acid groups (broad SMARTS) is 2. The molecule has 0 spiro atoms. The number of aromatic nitrogens is 2. The van der Waals surface area contributed by atoms with Gasteiger partial charge in [0.05, 0.1) is 12.6 Å². The zero-order valence-corrected chi connectivity index (χ0v) is 20.8. The number of fused-ring (bicyclic) bond motifs is 1. The van der Waals surface area contributed by atoms with Crippen molar-refractivity contribution >= 4 is 29.2 Å². The van der Waals surface area contributed by atoms with E-state index in [0.29, 0.717) is 12.0 Å². The van der Waals surface area contributed by atoms with E-state index < -0.39 is 24.3 Å². The van der Waals surface area contributed by atoms with Crippen molar-refractivity contribution in [2.45, 2.75) is 57.3 Å². The molecule has 212 valence electrons. The number of likely N-dealkylation sites (tertiary alicyclic amines) is 2. The first-order chi connectivity index (χ1) is 17.6. The van der Waals surface area contributed by atoms with Crippen molar-refractivity contribution < 1.29 is 50.9 Å². The number of thiophene rings is 1. The van der Waals surface area contributed by atoms with E-state index in [0.717, 1.165) is 39.0 Å². The summed E-state index contributed by atoms with van der Waals surface area (Å²) < 4.78 is 65.4. The van der Waals surface area contributed by atoms with E-state index in [1.165, 1.54) is 4.88 Å². The maximum Gasteiger partial charge on any atom is 0.490 e. The largest absolute Gasteiger partial charge is 0.490 e. The number of amides is 1. The third-order valence-corrected chi connectivity index (χ3v) is 6.73. The minimum absolute atomic E-state index is 0.214. The number of carboxylic acids is 2. The van der Waals surface area contributed by atoms with Gasteiger partial charge in [-0.2, -0.15) is 31.4 Å². The number of halogens is 6. The molecule has 4 heterocycles. The van der Waals surface area contributed by atoms with Gasteiger partial charge in [-0.3, -0.25) is 14.4 Å². The van der Waals surface area contributed by atoms with Gasteiger partial charge in [0.1, 0.15) is 0 Å². The SMILES string of the molecule is CC(=O)N1[C@H](Cn2cccn2)C[C@@H]2CN(Cc3cccs3)CC[C@@H]21.O=C(O)C(F)(F)F.O=C(O)C(F)(F)F. The molecule has 3 atom stereocenters. The van der Waals surface area contributed by atoms with Crippen LogP contribution in [-0.2, 0) is 27.5 Å². The Morgan fingerprint density at radius 2 is 1.68 bits per heavy atom. The summed E-state index contributed by atoms with van der Waals surface area (Å²) in [6.45, 7) is 5.76. The Morgan fingerprint density at radius 1 is 1.08 bits per heavy atom. The number of aliphatic carboxylic acids is 2. The van der Waals surface area contributed by atoms with Crippen LogP contribution in [-0.4, -0.2) is 85.2 Å². The van der Waals surface area contributed by atoms with E-state index in [-0.39, 0.29) is 11.9 Å². The van der Waals surface area contributed by atoms with E-state index in [9.17, 15) is 31.1 Å². The zero-order chi connectivity index (χ0) is 28.7. The Hall–Kier alpha value is -3.14. The van der Waals surface area contributed by atoms with Crippen molar-refractivity contribution in [1.82, 2.24) is 19.6 Å². The van der Waals surface area contributed by atoms with Gasteiger partial charge >= 0.3 is 24.3 Å². The van der Waals surface area contributed by atoms with Crippen molar-refractivity contribution in [3.63, 3.8) is 0 Å². The molecular formula is C22H26F6N4O5S. The third-order valence-electron chi connectivity index (χ3n) is 5.87. The lowest BCUT2D eigenvalue weighted by molar-refractivity contribution is -0.193. The van der Waals surface area contributed by atoms with Crippen LogP contribution >= 0.6 is 11.3 Å². The number of carbonyl (C=O) groups excluding carboxylic acids is 1. The fourth-order valence-corrected chi connectivity index (χ4v) is 5.22. The Morgan fingerprint density at radius 3 is 2.13 bits per heavy atom. The summed E-state index contributed by atoms with van der Waals surface area (Å²) in [4.78, 5) is 36.2. The van der Waals surface area contributed by atoms with Gasteiger partial charge in [0.25, 0.3) is 0 Å². The minimum Gasteiger partial charge on any atom is -0.475 e. The Balaban J connectivity index is 0.000000301. The van der Waals surface area contributed by atoms with Crippen molar-refractivity contribution in [2.75, 3.05) is 13.1 Å². The molecule has 16 heteroatoms. The third kappa shape index (κ3) is 9.31. The van der Waals surface area contributed by atoms with Crippen molar-refractivity contribution in [3.8, 4) is 0 Å². The Labute approximate surface area is 217 Å². The van der Waals surface area contributed by atoms with Crippen LogP contribution in [0, 0.1) is 5.92 Å². The second-order valence-corrected chi connectivity index (χ2v) is 9.61. The predicted molar refractivity (Wildman–Crippen MR) is 122 cm³/mol. The molecule has 2 aliphatic heterocycles. The highest BCUT2D eigenvalue weighted by atomic mass is 32.1. The summed E-state index contributed by atoms with van der Waals surface area (Å²) in [5.74, 6) is -4.71. The lowest BCUT2D eigenvalue weighted by atomic mass is 9.92. The minimum atomic E-state index is -5.08. The second-order valence-electron chi connectivity index (χ2n) is 8.58. The average molecular weight is 573 g/mol. The lowest BCUT2D eigenvalue weighted by Gasteiger charge is -2.38. The maximum absolute atomic E-state index is 12.3. The van der Waals surface area contributed by atoms with E-state index in [1.807, 2.05) is 34.5 Å². The van der Waals surface area contributed by atoms with Gasteiger partial charge < -0.3 is 15.1 Å². The molecule has 4 rings (SSSR count). The van der Waals surface area contributed by atoms with Gasteiger partial charge in [-0.1, -0.05) is 6.07 Å². The van der Waals surface area contributed by atoms with Crippen LogP contribution in [0.15, 0.2) is 36.0 Å². The summed E-state index contributed by atoms with van der Waals surface area (Å²) in [7, 11) is 0. The molecule has 0 unspecified atom stereocenters. The molecule has 0 aromatic carbocycles. The number of hydrogen-bond donors (Lipinski definition) is 2. The summed E-state index contributed by atoms with van der Waals surface area (Å²) in [6, 6.07) is 6.97. The molecule has 9 nitrogen and oxygen atoms in total.